The van der Waals surface area contributed by atoms with E-state index in [-0.39, 0.29) is 11.9 Å². The minimum atomic E-state index is 0.0212. The Balaban J connectivity index is 1.98. The predicted molar refractivity (Wildman–Crippen MR) is 85.4 cm³/mol. The molecule has 0 bridgehead atoms. The van der Waals surface area contributed by atoms with Crippen LogP contribution in [0.3, 0.4) is 0 Å². The van der Waals surface area contributed by atoms with Gasteiger partial charge in [0.2, 0.25) is 0 Å². The molecule has 1 aliphatic rings. The molecule has 0 saturated carbocycles. The Morgan fingerprint density at radius 2 is 2.05 bits per heavy atom. The molecule has 0 fully saturated rings. The number of para-hydroxylation sites is 1. The summed E-state index contributed by atoms with van der Waals surface area (Å²) in [5, 5.41) is 0.553. The molecule has 2 rings (SSSR count). The number of carbonyl (C=O) groups is 1. The number of hydrogen-bond donors (Lipinski definition) is 0. The van der Waals surface area contributed by atoms with Crippen molar-refractivity contribution < 1.29 is 9.53 Å². The average Bonchev–Trinajstić information content (AvgIpc) is 2.82. The largest absolute Gasteiger partial charge is 0.458 e. The van der Waals surface area contributed by atoms with Gasteiger partial charge >= 0.3 is 0 Å². The number of ether oxygens (including phenoxy) is 1. The summed E-state index contributed by atoms with van der Waals surface area (Å²) in [6.45, 7) is 7.00. The van der Waals surface area contributed by atoms with Gasteiger partial charge < -0.3 is 9.64 Å². The highest BCUT2D eigenvalue weighted by Crippen LogP contribution is 2.27. The Morgan fingerprint density at radius 1 is 1.33 bits per heavy atom. The molecular formula is C17H22ClNO2. The lowest BCUT2D eigenvalue weighted by Crippen LogP contribution is -2.36. The fraction of sp³-hybridized carbons (Fsp3) is 0.471. The first-order chi connectivity index (χ1) is 10.0. The first-order valence-electron chi connectivity index (χ1n) is 7.44. The van der Waals surface area contributed by atoms with Gasteiger partial charge in [0.1, 0.15) is 11.5 Å². The zero-order chi connectivity index (χ0) is 15.4. The van der Waals surface area contributed by atoms with Crippen LogP contribution < -0.4 is 4.74 Å². The second-order valence-electron chi connectivity index (χ2n) is 5.71. The van der Waals surface area contributed by atoms with Gasteiger partial charge in [-0.05, 0) is 31.4 Å². The van der Waals surface area contributed by atoms with Gasteiger partial charge in [-0.25, -0.2) is 0 Å². The van der Waals surface area contributed by atoms with E-state index in [9.17, 15) is 4.79 Å². The lowest BCUT2D eigenvalue weighted by molar-refractivity contribution is -0.126. The van der Waals surface area contributed by atoms with Crippen LogP contribution in [0.2, 0.25) is 5.02 Å². The van der Waals surface area contributed by atoms with Crippen molar-refractivity contribution in [1.29, 1.82) is 0 Å². The minimum absolute atomic E-state index is 0.0212. The molecule has 1 amide bonds. The van der Waals surface area contributed by atoms with E-state index >= 15 is 0 Å². The van der Waals surface area contributed by atoms with Crippen molar-refractivity contribution in [3.8, 4) is 5.75 Å². The average molecular weight is 308 g/mol. The van der Waals surface area contributed by atoms with Crippen molar-refractivity contribution in [3.05, 3.63) is 41.1 Å². The quantitative estimate of drug-likeness (QED) is 0.785. The number of hydrogen-bond acceptors (Lipinski definition) is 2. The maximum absolute atomic E-state index is 12.1. The number of nitrogens with zero attached hydrogens (tertiary/aromatic N) is 1. The van der Waals surface area contributed by atoms with Crippen LogP contribution in [-0.4, -0.2) is 23.4 Å². The molecule has 4 heteroatoms. The minimum Gasteiger partial charge on any atom is -0.458 e. The molecule has 1 aliphatic heterocycles. The highest BCUT2D eigenvalue weighted by molar-refractivity contribution is 6.32. The number of benzene rings is 1. The highest BCUT2D eigenvalue weighted by Gasteiger charge is 2.28. The van der Waals surface area contributed by atoms with E-state index in [4.69, 9.17) is 16.3 Å². The van der Waals surface area contributed by atoms with E-state index in [1.807, 2.05) is 17.0 Å². The smallest absolute Gasteiger partial charge is 0.250 e. The number of amides is 1. The molecule has 1 aromatic carbocycles. The van der Waals surface area contributed by atoms with Crippen molar-refractivity contribution >= 4 is 17.5 Å². The fourth-order valence-electron chi connectivity index (χ4n) is 2.49. The second kappa shape index (κ2) is 6.99. The van der Waals surface area contributed by atoms with Crippen LogP contribution >= 0.6 is 11.6 Å². The van der Waals surface area contributed by atoms with Gasteiger partial charge in [0.15, 0.2) is 0 Å². The second-order valence-corrected chi connectivity index (χ2v) is 6.11. The molecule has 3 nitrogen and oxygen atoms in total. The maximum atomic E-state index is 12.1. The molecule has 0 radical (unpaired) electrons. The van der Waals surface area contributed by atoms with Gasteiger partial charge in [0, 0.05) is 12.1 Å². The molecule has 0 saturated heterocycles. The molecule has 1 unspecified atom stereocenters. The normalized spacial score (nSPS) is 17.6. The number of halogens is 1. The van der Waals surface area contributed by atoms with E-state index < -0.39 is 0 Å². The summed E-state index contributed by atoms with van der Waals surface area (Å²) in [7, 11) is 0. The zero-order valence-electron chi connectivity index (χ0n) is 12.8. The summed E-state index contributed by atoms with van der Waals surface area (Å²) in [5.41, 5.74) is 0. The molecule has 1 aromatic rings. The Morgan fingerprint density at radius 3 is 2.71 bits per heavy atom. The van der Waals surface area contributed by atoms with E-state index in [0.29, 0.717) is 29.0 Å². The summed E-state index contributed by atoms with van der Waals surface area (Å²) in [6, 6.07) is 7.51. The first kappa shape index (κ1) is 15.9. The highest BCUT2D eigenvalue weighted by atomic mass is 35.5. The third kappa shape index (κ3) is 4.01. The van der Waals surface area contributed by atoms with E-state index in [1.54, 1.807) is 18.2 Å². The lowest BCUT2D eigenvalue weighted by atomic mass is 9.99. The van der Waals surface area contributed by atoms with Crippen LogP contribution in [0.15, 0.2) is 36.1 Å². The van der Waals surface area contributed by atoms with Crippen molar-refractivity contribution in [2.24, 2.45) is 5.92 Å². The monoisotopic (exact) mass is 307 g/mol. The van der Waals surface area contributed by atoms with E-state index in [1.165, 1.54) is 0 Å². The predicted octanol–water partition coefficient (Wildman–Crippen LogP) is 4.27. The number of rotatable bonds is 6. The molecule has 0 spiro atoms. The Hall–Kier alpha value is -1.48. The van der Waals surface area contributed by atoms with E-state index in [2.05, 4.69) is 20.8 Å². The van der Waals surface area contributed by atoms with Crippen molar-refractivity contribution in [1.82, 2.24) is 4.90 Å². The summed E-state index contributed by atoms with van der Waals surface area (Å²) in [4.78, 5) is 14.0. The Bertz CT molecular complexity index is 541. The van der Waals surface area contributed by atoms with Crippen LogP contribution in [0.4, 0.5) is 0 Å². The van der Waals surface area contributed by atoms with Crippen LogP contribution in [-0.2, 0) is 4.79 Å². The van der Waals surface area contributed by atoms with Crippen LogP contribution in [0.1, 0.15) is 33.6 Å². The molecule has 0 N–H and O–H groups in total. The molecule has 2 atom stereocenters. The van der Waals surface area contributed by atoms with Crippen molar-refractivity contribution in [3.63, 3.8) is 0 Å². The lowest BCUT2D eigenvalue weighted by Gasteiger charge is -2.26. The molecular weight excluding hydrogens is 286 g/mol. The van der Waals surface area contributed by atoms with Crippen LogP contribution in [0.5, 0.6) is 5.75 Å². The first-order valence-corrected chi connectivity index (χ1v) is 7.82. The van der Waals surface area contributed by atoms with Gasteiger partial charge in [-0.1, -0.05) is 44.0 Å². The van der Waals surface area contributed by atoms with E-state index in [0.717, 1.165) is 12.8 Å². The Labute approximate surface area is 131 Å². The SMILES string of the molecule is CCC(C)C[C@H](C)N1CC(Oc2ccccc2Cl)=CC1=O. The molecule has 21 heavy (non-hydrogen) atoms. The van der Waals surface area contributed by atoms with Crippen LogP contribution in [0, 0.1) is 5.92 Å². The number of carbonyl (C=O) groups excluding carboxylic acids is 1. The molecule has 114 valence electrons. The van der Waals surface area contributed by atoms with Gasteiger partial charge in [-0.15, -0.1) is 0 Å². The summed E-state index contributed by atoms with van der Waals surface area (Å²) in [6.07, 6.45) is 3.70. The van der Waals surface area contributed by atoms with Gasteiger partial charge in [0.05, 0.1) is 11.6 Å². The molecule has 0 aromatic heterocycles. The van der Waals surface area contributed by atoms with Gasteiger partial charge in [-0.3, -0.25) is 4.79 Å². The topological polar surface area (TPSA) is 29.5 Å². The Kier molecular flexibility index (Phi) is 5.29. The summed E-state index contributed by atoms with van der Waals surface area (Å²) < 4.78 is 5.75. The maximum Gasteiger partial charge on any atom is 0.250 e. The zero-order valence-corrected chi connectivity index (χ0v) is 13.6. The third-order valence-corrected chi connectivity index (χ3v) is 4.26. The standard InChI is InChI=1S/C17H22ClNO2/c1-4-12(2)9-13(3)19-11-14(10-17(19)20)21-16-8-6-5-7-15(16)18/h5-8,10,12-13H,4,9,11H2,1-3H3/t12?,13-/m0/s1. The summed E-state index contributed by atoms with van der Waals surface area (Å²) in [5.74, 6) is 1.88. The summed E-state index contributed by atoms with van der Waals surface area (Å²) >= 11 is 6.07. The molecule has 1 heterocycles. The van der Waals surface area contributed by atoms with Gasteiger partial charge in [-0.2, -0.15) is 0 Å². The van der Waals surface area contributed by atoms with Crippen molar-refractivity contribution in [2.45, 2.75) is 39.7 Å². The van der Waals surface area contributed by atoms with Gasteiger partial charge in [0.25, 0.3) is 5.91 Å². The fourth-order valence-corrected chi connectivity index (χ4v) is 2.67. The molecule has 0 aliphatic carbocycles. The van der Waals surface area contributed by atoms with Crippen molar-refractivity contribution in [2.75, 3.05) is 6.54 Å². The van der Waals surface area contributed by atoms with Crippen LogP contribution in [0.25, 0.3) is 0 Å². The third-order valence-electron chi connectivity index (χ3n) is 3.94.